The molecule has 0 aliphatic rings. The van der Waals surface area contributed by atoms with Gasteiger partial charge in [-0.1, -0.05) is 191 Å². The van der Waals surface area contributed by atoms with Crippen LogP contribution in [0.25, 0.3) is 0 Å². The third-order valence-electron chi connectivity index (χ3n) is 9.53. The SMILES string of the molecule is CC/C=C\C/C=C\C/C=C\C/C=C\CCCOCC(COP(=O)(O)OCC(O)CO)OC(=O)CCCCCCCCCCCCCCCCCCCCCCC. The van der Waals surface area contributed by atoms with Gasteiger partial charge in [0.25, 0.3) is 0 Å². The Hall–Kier alpha value is -1.58. The fourth-order valence-electron chi connectivity index (χ4n) is 6.13. The summed E-state index contributed by atoms with van der Waals surface area (Å²) in [6.07, 6.45) is 48.1. The molecule has 0 heterocycles. The van der Waals surface area contributed by atoms with Gasteiger partial charge in [0, 0.05) is 13.0 Å². The summed E-state index contributed by atoms with van der Waals surface area (Å²) in [5.74, 6) is -0.399. The summed E-state index contributed by atoms with van der Waals surface area (Å²) >= 11 is 0. The van der Waals surface area contributed by atoms with Gasteiger partial charge in [-0.25, -0.2) is 4.57 Å². The third-order valence-corrected chi connectivity index (χ3v) is 10.5. The van der Waals surface area contributed by atoms with Gasteiger partial charge in [0.05, 0.1) is 26.4 Å². The number of carbonyl (C=O) groups is 1. The normalized spacial score (nSPS) is 14.4. The second-order valence-electron chi connectivity index (χ2n) is 15.0. The molecule has 0 rings (SSSR count). The highest BCUT2D eigenvalue weighted by molar-refractivity contribution is 7.47. The predicted octanol–water partition coefficient (Wildman–Crippen LogP) is 12.6. The molecule has 0 aliphatic carbocycles. The maximum Gasteiger partial charge on any atom is 0.472 e. The number of hydrogen-bond acceptors (Lipinski definition) is 8. The first kappa shape index (κ1) is 54.4. The Morgan fingerprint density at radius 2 is 1.00 bits per heavy atom. The number of hydrogen-bond donors (Lipinski definition) is 3. The quantitative estimate of drug-likeness (QED) is 0.0238. The summed E-state index contributed by atoms with van der Waals surface area (Å²) in [5.41, 5.74) is 0. The molecule has 3 N–H and O–H groups in total. The number of rotatable bonds is 43. The first-order valence-corrected chi connectivity index (χ1v) is 24.1. The minimum Gasteiger partial charge on any atom is -0.457 e. The Morgan fingerprint density at radius 1 is 0.571 bits per heavy atom. The molecule has 0 bridgehead atoms. The van der Waals surface area contributed by atoms with Crippen LogP contribution in [0.1, 0.15) is 194 Å². The maximum atomic E-state index is 12.6. The van der Waals surface area contributed by atoms with Gasteiger partial charge >= 0.3 is 13.8 Å². The van der Waals surface area contributed by atoms with Crippen LogP contribution in [0.15, 0.2) is 48.6 Å². The van der Waals surface area contributed by atoms with Crippen molar-refractivity contribution in [2.75, 3.05) is 33.0 Å². The van der Waals surface area contributed by atoms with Crippen molar-refractivity contribution in [1.29, 1.82) is 0 Å². The van der Waals surface area contributed by atoms with E-state index in [4.69, 9.17) is 23.6 Å². The second kappa shape index (κ2) is 43.0. The zero-order valence-electron chi connectivity index (χ0n) is 35.8. The van der Waals surface area contributed by atoms with Crippen LogP contribution in [0.4, 0.5) is 0 Å². The molecule has 9 nitrogen and oxygen atoms in total. The van der Waals surface area contributed by atoms with Gasteiger partial charge in [-0.3, -0.25) is 13.8 Å². The third kappa shape index (κ3) is 42.0. The second-order valence-corrected chi connectivity index (χ2v) is 16.5. The van der Waals surface area contributed by atoms with E-state index in [0.29, 0.717) is 6.61 Å². The average molecular weight is 813 g/mol. The lowest BCUT2D eigenvalue weighted by molar-refractivity contribution is -0.154. The molecule has 56 heavy (non-hydrogen) atoms. The number of ether oxygens (including phenoxy) is 2. The number of phosphoric ester groups is 1. The van der Waals surface area contributed by atoms with E-state index < -0.39 is 45.8 Å². The molecule has 0 saturated heterocycles. The van der Waals surface area contributed by atoms with E-state index in [9.17, 15) is 19.4 Å². The van der Waals surface area contributed by atoms with Crippen molar-refractivity contribution in [3.63, 3.8) is 0 Å². The highest BCUT2D eigenvalue weighted by atomic mass is 31.2. The molecule has 0 saturated carbocycles. The van der Waals surface area contributed by atoms with Crippen LogP contribution >= 0.6 is 7.82 Å². The molecule has 328 valence electrons. The standard InChI is InChI=1S/C46H85O9P/c1-3-5-7-9-11-13-15-17-19-20-21-22-23-24-25-26-28-30-32-34-36-38-46(49)55-45(43-54-56(50,51)53-41-44(48)40-47)42-52-39-37-35-33-31-29-27-18-16-14-12-10-8-6-4-2/h6,8,12,14,18,27,31,33,44-45,47-48H,3-5,7,9-11,13,15-17,19-26,28-30,32,34-43H2,1-2H3,(H,50,51)/b8-6-,14-12-,27-18-,33-31-. The van der Waals surface area contributed by atoms with Crippen molar-refractivity contribution < 1.29 is 43.0 Å². The zero-order chi connectivity index (χ0) is 41.1. The minimum absolute atomic E-state index is 0.0124. The van der Waals surface area contributed by atoms with E-state index in [1.54, 1.807) is 0 Å². The Bertz CT molecular complexity index is 1010. The number of esters is 1. The van der Waals surface area contributed by atoms with Crippen molar-refractivity contribution in [2.45, 2.75) is 206 Å². The maximum absolute atomic E-state index is 12.6. The van der Waals surface area contributed by atoms with Gasteiger partial charge in [-0.05, 0) is 44.9 Å². The lowest BCUT2D eigenvalue weighted by atomic mass is 10.0. The molecule has 10 heteroatoms. The van der Waals surface area contributed by atoms with Gasteiger partial charge in [-0.15, -0.1) is 0 Å². The highest BCUT2D eigenvalue weighted by Crippen LogP contribution is 2.43. The van der Waals surface area contributed by atoms with E-state index in [0.717, 1.165) is 57.8 Å². The van der Waals surface area contributed by atoms with Crippen LogP contribution in [0, 0.1) is 0 Å². The number of carbonyl (C=O) groups excluding carboxylic acids is 1. The zero-order valence-corrected chi connectivity index (χ0v) is 36.7. The Balaban J connectivity index is 4.15. The van der Waals surface area contributed by atoms with Gasteiger partial charge < -0.3 is 24.6 Å². The number of aliphatic hydroxyl groups is 2. The Kier molecular flexibility index (Phi) is 41.8. The molecule has 3 unspecified atom stereocenters. The Labute approximate surface area is 343 Å². The summed E-state index contributed by atoms with van der Waals surface area (Å²) in [5, 5.41) is 18.3. The van der Waals surface area contributed by atoms with Crippen molar-refractivity contribution in [3.05, 3.63) is 48.6 Å². The van der Waals surface area contributed by atoms with E-state index in [2.05, 4.69) is 62.5 Å². The molecule has 0 aromatic heterocycles. The lowest BCUT2D eigenvalue weighted by Gasteiger charge is -2.20. The highest BCUT2D eigenvalue weighted by Gasteiger charge is 2.26. The predicted molar refractivity (Wildman–Crippen MR) is 233 cm³/mol. The lowest BCUT2D eigenvalue weighted by Crippen LogP contribution is -2.29. The topological polar surface area (TPSA) is 132 Å². The minimum atomic E-state index is -4.53. The smallest absolute Gasteiger partial charge is 0.457 e. The van der Waals surface area contributed by atoms with E-state index >= 15 is 0 Å². The van der Waals surface area contributed by atoms with Crippen molar-refractivity contribution in [1.82, 2.24) is 0 Å². The average Bonchev–Trinajstić information content (AvgIpc) is 3.19. The van der Waals surface area contributed by atoms with Gasteiger partial charge in [0.2, 0.25) is 0 Å². The fourth-order valence-corrected chi connectivity index (χ4v) is 6.92. The molecule has 0 aliphatic heterocycles. The molecule has 0 spiro atoms. The van der Waals surface area contributed by atoms with Crippen molar-refractivity contribution >= 4 is 13.8 Å². The molecule has 3 atom stereocenters. The van der Waals surface area contributed by atoms with Crippen LogP contribution in [-0.4, -0.2) is 66.3 Å². The monoisotopic (exact) mass is 813 g/mol. The number of unbranched alkanes of at least 4 members (excludes halogenated alkanes) is 21. The number of phosphoric acid groups is 1. The van der Waals surface area contributed by atoms with E-state index in [1.807, 2.05) is 0 Å². The van der Waals surface area contributed by atoms with Crippen LogP contribution in [0.3, 0.4) is 0 Å². The largest absolute Gasteiger partial charge is 0.472 e. The van der Waals surface area contributed by atoms with Crippen molar-refractivity contribution in [3.8, 4) is 0 Å². The Morgan fingerprint density at radius 3 is 1.46 bits per heavy atom. The molecule has 0 fully saturated rings. The van der Waals surface area contributed by atoms with Crippen molar-refractivity contribution in [2.24, 2.45) is 0 Å². The summed E-state index contributed by atoms with van der Waals surface area (Å²) in [7, 11) is -4.53. The van der Waals surface area contributed by atoms with E-state index in [1.165, 1.54) is 116 Å². The first-order chi connectivity index (χ1) is 27.3. The number of allylic oxidation sites excluding steroid dienone is 8. The summed E-state index contributed by atoms with van der Waals surface area (Å²) < 4.78 is 33.3. The fraction of sp³-hybridized carbons (Fsp3) is 0.804. The number of aliphatic hydroxyl groups excluding tert-OH is 2. The summed E-state index contributed by atoms with van der Waals surface area (Å²) in [6, 6.07) is 0. The van der Waals surface area contributed by atoms with Crippen LogP contribution in [0.2, 0.25) is 0 Å². The summed E-state index contributed by atoms with van der Waals surface area (Å²) in [4.78, 5) is 22.6. The van der Waals surface area contributed by atoms with Crippen LogP contribution in [-0.2, 0) is 27.9 Å². The van der Waals surface area contributed by atoms with Gasteiger partial charge in [-0.2, -0.15) is 0 Å². The van der Waals surface area contributed by atoms with Crippen LogP contribution < -0.4 is 0 Å². The van der Waals surface area contributed by atoms with Gasteiger partial charge in [0.1, 0.15) is 12.2 Å². The first-order valence-electron chi connectivity index (χ1n) is 22.6. The molecule has 0 aromatic rings. The van der Waals surface area contributed by atoms with E-state index in [-0.39, 0.29) is 13.0 Å². The van der Waals surface area contributed by atoms with Crippen LogP contribution in [0.5, 0.6) is 0 Å². The summed E-state index contributed by atoms with van der Waals surface area (Å²) in [6.45, 7) is 3.27. The molecular formula is C46H85O9P. The molecular weight excluding hydrogens is 727 g/mol. The van der Waals surface area contributed by atoms with Gasteiger partial charge in [0.15, 0.2) is 0 Å². The molecule has 0 aromatic carbocycles. The molecule has 0 amide bonds. The molecule has 0 radical (unpaired) electrons.